The summed E-state index contributed by atoms with van der Waals surface area (Å²) in [5.74, 6) is 0. The predicted octanol–water partition coefficient (Wildman–Crippen LogP) is 3.59. The Hall–Kier alpha value is 0.1000. The number of ether oxygens (including phenoxy) is 1. The monoisotopic (exact) mass is 291 g/mol. The van der Waals surface area contributed by atoms with Gasteiger partial charge in [0.05, 0.1) is 0 Å². The van der Waals surface area contributed by atoms with Gasteiger partial charge < -0.3 is 10.1 Å². The van der Waals surface area contributed by atoms with Crippen LogP contribution in [0.1, 0.15) is 30.7 Å². The van der Waals surface area contributed by atoms with E-state index in [2.05, 4.69) is 39.6 Å². The van der Waals surface area contributed by atoms with Gasteiger partial charge in [-0.1, -0.05) is 0 Å². The van der Waals surface area contributed by atoms with Gasteiger partial charge in [0, 0.05) is 34.5 Å². The van der Waals surface area contributed by atoms with Crippen LogP contribution in [-0.2, 0) is 4.74 Å². The molecule has 1 unspecified atom stereocenters. The molecule has 0 spiro atoms. The van der Waals surface area contributed by atoms with Gasteiger partial charge >= 0.3 is 0 Å². The molecule has 0 aliphatic rings. The summed E-state index contributed by atoms with van der Waals surface area (Å²) in [5, 5.41) is 5.63. The fourth-order valence-electron chi connectivity index (χ4n) is 1.35. The average molecular weight is 292 g/mol. The number of unbranched alkanes of at least 4 members (excludes halogenated alkanes) is 1. The van der Waals surface area contributed by atoms with E-state index in [9.17, 15) is 0 Å². The zero-order chi connectivity index (χ0) is 11.1. The number of rotatable bonds is 7. The Bertz CT molecular complexity index is 277. The van der Waals surface area contributed by atoms with Crippen LogP contribution in [0.4, 0.5) is 0 Å². The number of methoxy groups -OCH3 is 1. The molecule has 4 heteroatoms. The van der Waals surface area contributed by atoms with E-state index in [4.69, 9.17) is 4.74 Å². The molecule has 0 radical (unpaired) electrons. The highest BCUT2D eigenvalue weighted by atomic mass is 79.9. The second-order valence-electron chi connectivity index (χ2n) is 3.54. The highest BCUT2D eigenvalue weighted by Crippen LogP contribution is 2.25. The van der Waals surface area contributed by atoms with E-state index >= 15 is 0 Å². The first-order chi connectivity index (χ1) is 7.24. The molecule has 1 aromatic rings. The Morgan fingerprint density at radius 2 is 2.33 bits per heavy atom. The molecule has 0 aliphatic carbocycles. The van der Waals surface area contributed by atoms with Gasteiger partial charge in [0.1, 0.15) is 0 Å². The van der Waals surface area contributed by atoms with Crippen molar-refractivity contribution < 1.29 is 4.74 Å². The van der Waals surface area contributed by atoms with Crippen LogP contribution in [0, 0.1) is 0 Å². The minimum atomic E-state index is 0.448. The lowest BCUT2D eigenvalue weighted by Crippen LogP contribution is -2.19. The summed E-state index contributed by atoms with van der Waals surface area (Å²) in [5.41, 5.74) is 0. The summed E-state index contributed by atoms with van der Waals surface area (Å²) < 4.78 is 6.18. The first-order valence-corrected chi connectivity index (χ1v) is 6.87. The van der Waals surface area contributed by atoms with E-state index in [-0.39, 0.29) is 0 Å². The molecule has 0 bridgehead atoms. The zero-order valence-corrected chi connectivity index (χ0v) is 11.7. The van der Waals surface area contributed by atoms with Crippen molar-refractivity contribution in [2.75, 3.05) is 20.3 Å². The largest absolute Gasteiger partial charge is 0.385 e. The Balaban J connectivity index is 2.16. The van der Waals surface area contributed by atoms with Crippen molar-refractivity contribution in [3.05, 3.63) is 20.8 Å². The zero-order valence-electron chi connectivity index (χ0n) is 9.25. The number of hydrogen-bond donors (Lipinski definition) is 1. The molecule has 0 amide bonds. The van der Waals surface area contributed by atoms with Crippen molar-refractivity contribution in [3.63, 3.8) is 0 Å². The van der Waals surface area contributed by atoms with E-state index in [1.807, 2.05) is 0 Å². The Morgan fingerprint density at radius 3 is 2.93 bits per heavy atom. The van der Waals surface area contributed by atoms with Gasteiger partial charge in [-0.05, 0) is 48.3 Å². The molecular formula is C11H18BrNOS. The molecular weight excluding hydrogens is 274 g/mol. The quantitative estimate of drug-likeness (QED) is 0.775. The third kappa shape index (κ3) is 5.11. The summed E-state index contributed by atoms with van der Waals surface area (Å²) in [6.07, 6.45) is 2.30. The molecule has 86 valence electrons. The number of nitrogens with one attached hydrogen (secondary N) is 1. The van der Waals surface area contributed by atoms with Crippen LogP contribution in [0.5, 0.6) is 0 Å². The van der Waals surface area contributed by atoms with Gasteiger partial charge in [-0.2, -0.15) is 0 Å². The van der Waals surface area contributed by atoms with Crippen LogP contribution < -0.4 is 5.32 Å². The maximum Gasteiger partial charge on any atom is 0.0462 e. The van der Waals surface area contributed by atoms with Crippen LogP contribution in [0.2, 0.25) is 0 Å². The fraction of sp³-hybridized carbons (Fsp3) is 0.636. The Kier molecular flexibility index (Phi) is 6.48. The third-order valence-corrected chi connectivity index (χ3v) is 4.12. The molecule has 1 N–H and O–H groups in total. The maximum atomic E-state index is 5.00. The van der Waals surface area contributed by atoms with Crippen LogP contribution in [0.3, 0.4) is 0 Å². The molecule has 0 aliphatic heterocycles. The standard InChI is InChI=1S/C11H18BrNOS/c1-9(11-7-10(12)8-15-11)13-5-3-4-6-14-2/h7-9,13H,3-6H2,1-2H3. The summed E-state index contributed by atoms with van der Waals surface area (Å²) >= 11 is 5.26. The second kappa shape index (κ2) is 7.39. The van der Waals surface area contributed by atoms with Gasteiger partial charge in [-0.3, -0.25) is 0 Å². The minimum absolute atomic E-state index is 0.448. The number of hydrogen-bond acceptors (Lipinski definition) is 3. The highest BCUT2D eigenvalue weighted by molar-refractivity contribution is 9.10. The summed E-state index contributed by atoms with van der Waals surface area (Å²) in [7, 11) is 1.75. The smallest absolute Gasteiger partial charge is 0.0462 e. The van der Waals surface area contributed by atoms with Crippen molar-refractivity contribution in [1.29, 1.82) is 0 Å². The van der Waals surface area contributed by atoms with Crippen molar-refractivity contribution in [3.8, 4) is 0 Å². The summed E-state index contributed by atoms with van der Waals surface area (Å²) in [6, 6.07) is 2.63. The van der Waals surface area contributed by atoms with Gasteiger partial charge in [-0.25, -0.2) is 0 Å². The molecule has 0 fully saturated rings. The molecule has 0 saturated heterocycles. The Morgan fingerprint density at radius 1 is 1.53 bits per heavy atom. The van der Waals surface area contributed by atoms with E-state index in [0.29, 0.717) is 6.04 Å². The van der Waals surface area contributed by atoms with E-state index < -0.39 is 0 Å². The SMILES string of the molecule is COCCCCNC(C)c1cc(Br)cs1. The van der Waals surface area contributed by atoms with Crippen molar-refractivity contribution in [2.45, 2.75) is 25.8 Å². The third-order valence-electron chi connectivity index (χ3n) is 2.24. The van der Waals surface area contributed by atoms with Crippen molar-refractivity contribution in [2.24, 2.45) is 0 Å². The summed E-state index contributed by atoms with van der Waals surface area (Å²) in [6.45, 7) is 4.12. The van der Waals surface area contributed by atoms with Crippen LogP contribution >= 0.6 is 27.3 Å². The topological polar surface area (TPSA) is 21.3 Å². The van der Waals surface area contributed by atoms with E-state index in [1.165, 1.54) is 15.8 Å². The lowest BCUT2D eigenvalue weighted by Gasteiger charge is -2.11. The van der Waals surface area contributed by atoms with Crippen molar-refractivity contribution >= 4 is 27.3 Å². The highest BCUT2D eigenvalue weighted by Gasteiger charge is 2.06. The molecule has 1 atom stereocenters. The van der Waals surface area contributed by atoms with Gasteiger partial charge in [0.25, 0.3) is 0 Å². The summed E-state index contributed by atoms with van der Waals surface area (Å²) in [4.78, 5) is 1.38. The van der Waals surface area contributed by atoms with Gasteiger partial charge in [-0.15, -0.1) is 11.3 Å². The lowest BCUT2D eigenvalue weighted by molar-refractivity contribution is 0.192. The molecule has 1 heterocycles. The van der Waals surface area contributed by atoms with E-state index in [0.717, 1.165) is 19.6 Å². The van der Waals surface area contributed by atoms with Crippen molar-refractivity contribution in [1.82, 2.24) is 5.32 Å². The van der Waals surface area contributed by atoms with Gasteiger partial charge in [0.15, 0.2) is 0 Å². The van der Waals surface area contributed by atoms with E-state index in [1.54, 1.807) is 18.4 Å². The fourth-order valence-corrected chi connectivity index (χ4v) is 2.82. The van der Waals surface area contributed by atoms with Gasteiger partial charge in [0.2, 0.25) is 0 Å². The molecule has 0 aromatic carbocycles. The van der Waals surface area contributed by atoms with Crippen LogP contribution in [0.25, 0.3) is 0 Å². The first kappa shape index (κ1) is 13.2. The lowest BCUT2D eigenvalue weighted by atomic mass is 10.2. The normalized spacial score (nSPS) is 13.0. The maximum absolute atomic E-state index is 5.00. The predicted molar refractivity (Wildman–Crippen MR) is 69.5 cm³/mol. The van der Waals surface area contributed by atoms with Crippen LogP contribution in [-0.4, -0.2) is 20.3 Å². The molecule has 0 saturated carbocycles. The number of halogens is 1. The molecule has 2 nitrogen and oxygen atoms in total. The molecule has 15 heavy (non-hydrogen) atoms. The minimum Gasteiger partial charge on any atom is -0.385 e. The Labute approximate surface area is 104 Å². The van der Waals surface area contributed by atoms with Crippen LogP contribution in [0.15, 0.2) is 15.9 Å². The number of thiophene rings is 1. The first-order valence-electron chi connectivity index (χ1n) is 5.20. The average Bonchev–Trinajstić information content (AvgIpc) is 2.64. The molecule has 1 aromatic heterocycles. The molecule has 1 rings (SSSR count). The second-order valence-corrected chi connectivity index (χ2v) is 5.40.